The van der Waals surface area contributed by atoms with E-state index in [0.717, 1.165) is 6.42 Å². The van der Waals surface area contributed by atoms with Gasteiger partial charge < -0.3 is 5.32 Å². The molecule has 1 fully saturated rings. The molecule has 1 heterocycles. The van der Waals surface area contributed by atoms with Crippen molar-refractivity contribution in [1.29, 1.82) is 0 Å². The van der Waals surface area contributed by atoms with Crippen LogP contribution >= 0.6 is 0 Å². The number of benzene rings is 1. The van der Waals surface area contributed by atoms with Gasteiger partial charge in [0.05, 0.1) is 6.04 Å². The Balaban J connectivity index is 0.000000606. The Morgan fingerprint density at radius 1 is 1.19 bits per heavy atom. The first kappa shape index (κ1) is 12.8. The second kappa shape index (κ2) is 6.37. The van der Waals surface area contributed by atoms with E-state index in [0.29, 0.717) is 12.0 Å². The first-order valence-corrected chi connectivity index (χ1v) is 6.26. The minimum absolute atomic E-state index is 0.456. The molecular formula is C15H23N. The van der Waals surface area contributed by atoms with Crippen LogP contribution in [-0.4, -0.2) is 0 Å². The summed E-state index contributed by atoms with van der Waals surface area (Å²) in [5, 5.41) is 3.49. The van der Waals surface area contributed by atoms with E-state index in [9.17, 15) is 0 Å². The van der Waals surface area contributed by atoms with E-state index >= 15 is 0 Å². The van der Waals surface area contributed by atoms with Crippen LogP contribution in [0.1, 0.15) is 45.2 Å². The van der Waals surface area contributed by atoms with Crippen LogP contribution in [-0.2, 0) is 0 Å². The molecule has 1 nitrogen and oxygen atoms in total. The highest BCUT2D eigenvalue weighted by Crippen LogP contribution is 2.31. The lowest BCUT2D eigenvalue weighted by molar-refractivity contribution is 0.343. The predicted octanol–water partition coefficient (Wildman–Crippen LogP) is 4.29. The molecule has 2 unspecified atom stereocenters. The smallest absolute Gasteiger partial charge is 0.0536 e. The normalized spacial score (nSPS) is 24.1. The molecule has 0 radical (unpaired) electrons. The Kier molecular flexibility index (Phi) is 5.10. The molecule has 0 aromatic heterocycles. The SMILES string of the molecule is C=C1CCC(C)C(c2ccccc2)N1.CC. The summed E-state index contributed by atoms with van der Waals surface area (Å²) in [6, 6.07) is 11.1. The Labute approximate surface area is 99.6 Å². The Morgan fingerprint density at radius 3 is 2.44 bits per heavy atom. The molecule has 0 bridgehead atoms. The topological polar surface area (TPSA) is 12.0 Å². The Morgan fingerprint density at radius 2 is 1.81 bits per heavy atom. The predicted molar refractivity (Wildman–Crippen MR) is 71.2 cm³/mol. The van der Waals surface area contributed by atoms with Gasteiger partial charge >= 0.3 is 0 Å². The first-order chi connectivity index (χ1) is 7.77. The van der Waals surface area contributed by atoms with Crippen LogP contribution < -0.4 is 5.32 Å². The molecule has 1 N–H and O–H groups in total. The summed E-state index contributed by atoms with van der Waals surface area (Å²) in [6.07, 6.45) is 2.36. The third-order valence-corrected chi connectivity index (χ3v) is 2.99. The van der Waals surface area contributed by atoms with Gasteiger partial charge in [-0.1, -0.05) is 57.7 Å². The van der Waals surface area contributed by atoms with E-state index in [4.69, 9.17) is 0 Å². The summed E-state index contributed by atoms with van der Waals surface area (Å²) >= 11 is 0. The number of nitrogens with one attached hydrogen (secondary N) is 1. The van der Waals surface area contributed by atoms with Crippen molar-refractivity contribution in [1.82, 2.24) is 5.32 Å². The van der Waals surface area contributed by atoms with Gasteiger partial charge in [-0.2, -0.15) is 0 Å². The van der Waals surface area contributed by atoms with E-state index in [1.54, 1.807) is 0 Å². The fourth-order valence-corrected chi connectivity index (χ4v) is 2.08. The zero-order valence-corrected chi connectivity index (χ0v) is 10.7. The number of allylic oxidation sites excluding steroid dienone is 1. The van der Waals surface area contributed by atoms with Gasteiger partial charge in [-0.25, -0.2) is 0 Å². The van der Waals surface area contributed by atoms with Gasteiger partial charge in [-0.05, 0) is 24.3 Å². The molecule has 16 heavy (non-hydrogen) atoms. The number of piperidine rings is 1. The number of hydrogen-bond acceptors (Lipinski definition) is 1. The number of rotatable bonds is 1. The minimum atomic E-state index is 0.456. The van der Waals surface area contributed by atoms with Gasteiger partial charge in [0.1, 0.15) is 0 Å². The van der Waals surface area contributed by atoms with Crippen molar-refractivity contribution < 1.29 is 0 Å². The van der Waals surface area contributed by atoms with Crippen molar-refractivity contribution >= 4 is 0 Å². The van der Waals surface area contributed by atoms with Crippen LogP contribution in [0, 0.1) is 5.92 Å². The molecule has 1 heteroatoms. The quantitative estimate of drug-likeness (QED) is 0.740. The van der Waals surface area contributed by atoms with E-state index in [1.807, 2.05) is 13.8 Å². The molecule has 2 rings (SSSR count). The summed E-state index contributed by atoms with van der Waals surface area (Å²) in [5.74, 6) is 0.697. The minimum Gasteiger partial charge on any atom is -0.382 e. The number of hydrogen-bond donors (Lipinski definition) is 1. The molecule has 88 valence electrons. The highest BCUT2D eigenvalue weighted by molar-refractivity contribution is 5.22. The van der Waals surface area contributed by atoms with Crippen LogP contribution in [0.5, 0.6) is 0 Å². The highest BCUT2D eigenvalue weighted by atomic mass is 14.9. The molecule has 0 saturated carbocycles. The van der Waals surface area contributed by atoms with Crippen molar-refractivity contribution in [2.24, 2.45) is 5.92 Å². The molecule has 2 atom stereocenters. The Bertz CT molecular complexity index is 315. The first-order valence-electron chi connectivity index (χ1n) is 6.26. The monoisotopic (exact) mass is 217 g/mol. The van der Waals surface area contributed by atoms with Crippen LogP contribution in [0.15, 0.2) is 42.6 Å². The molecule has 1 aliphatic heterocycles. The van der Waals surface area contributed by atoms with Gasteiger partial charge in [0.15, 0.2) is 0 Å². The van der Waals surface area contributed by atoms with Gasteiger partial charge in [0.25, 0.3) is 0 Å². The Hall–Kier alpha value is -1.24. The van der Waals surface area contributed by atoms with Crippen molar-refractivity contribution in [2.45, 2.75) is 39.7 Å². The van der Waals surface area contributed by atoms with Gasteiger partial charge in [0.2, 0.25) is 0 Å². The lowest BCUT2D eigenvalue weighted by atomic mass is 9.87. The van der Waals surface area contributed by atoms with Gasteiger partial charge in [0, 0.05) is 5.70 Å². The van der Waals surface area contributed by atoms with Gasteiger partial charge in [-0.15, -0.1) is 0 Å². The largest absolute Gasteiger partial charge is 0.382 e. The molecule has 1 aliphatic rings. The zero-order chi connectivity index (χ0) is 12.0. The lowest BCUT2D eigenvalue weighted by Crippen LogP contribution is -2.30. The van der Waals surface area contributed by atoms with E-state index in [1.165, 1.54) is 17.7 Å². The fraction of sp³-hybridized carbons (Fsp3) is 0.467. The third-order valence-electron chi connectivity index (χ3n) is 2.99. The van der Waals surface area contributed by atoms with Crippen LogP contribution in [0.2, 0.25) is 0 Å². The van der Waals surface area contributed by atoms with Crippen molar-refractivity contribution in [3.8, 4) is 0 Å². The van der Waals surface area contributed by atoms with E-state index in [2.05, 4.69) is 49.2 Å². The van der Waals surface area contributed by atoms with E-state index in [-0.39, 0.29) is 0 Å². The maximum Gasteiger partial charge on any atom is 0.0536 e. The van der Waals surface area contributed by atoms with Crippen LogP contribution in [0.25, 0.3) is 0 Å². The van der Waals surface area contributed by atoms with Crippen molar-refractivity contribution in [3.63, 3.8) is 0 Å². The third kappa shape index (κ3) is 3.13. The fourth-order valence-electron chi connectivity index (χ4n) is 2.08. The van der Waals surface area contributed by atoms with Crippen molar-refractivity contribution in [3.05, 3.63) is 48.2 Å². The second-order valence-corrected chi connectivity index (χ2v) is 4.15. The molecule has 1 aromatic rings. The highest BCUT2D eigenvalue weighted by Gasteiger charge is 2.23. The van der Waals surface area contributed by atoms with Crippen LogP contribution in [0.3, 0.4) is 0 Å². The molecule has 0 amide bonds. The van der Waals surface area contributed by atoms with Gasteiger partial charge in [-0.3, -0.25) is 0 Å². The summed E-state index contributed by atoms with van der Waals surface area (Å²) in [6.45, 7) is 10.3. The average molecular weight is 217 g/mol. The molecule has 0 spiro atoms. The van der Waals surface area contributed by atoms with E-state index < -0.39 is 0 Å². The lowest BCUT2D eigenvalue weighted by Gasteiger charge is -2.32. The summed E-state index contributed by atoms with van der Waals surface area (Å²) in [5.41, 5.74) is 2.55. The molecule has 1 saturated heterocycles. The second-order valence-electron chi connectivity index (χ2n) is 4.15. The summed E-state index contributed by atoms with van der Waals surface area (Å²) in [7, 11) is 0. The molecule has 1 aromatic carbocycles. The summed E-state index contributed by atoms with van der Waals surface area (Å²) in [4.78, 5) is 0. The molecule has 0 aliphatic carbocycles. The van der Waals surface area contributed by atoms with Crippen molar-refractivity contribution in [2.75, 3.05) is 0 Å². The maximum atomic E-state index is 4.01. The average Bonchev–Trinajstić information content (AvgIpc) is 2.36. The maximum absolute atomic E-state index is 4.01. The summed E-state index contributed by atoms with van der Waals surface area (Å²) < 4.78 is 0. The molecular weight excluding hydrogens is 194 g/mol. The van der Waals surface area contributed by atoms with Crippen LogP contribution in [0.4, 0.5) is 0 Å². The zero-order valence-electron chi connectivity index (χ0n) is 10.7. The standard InChI is InChI=1S/C13H17N.C2H6/c1-10-8-9-11(2)14-13(10)12-6-4-3-5-7-12;1-2/h3-7,10,13-14H,2,8-9H2,1H3;1-2H3.